The summed E-state index contributed by atoms with van der Waals surface area (Å²) in [6.07, 6.45) is -0.00883. The third-order valence-electron chi connectivity index (χ3n) is 5.85. The molecular weight excluding hydrogens is 549 g/mol. The minimum absolute atomic E-state index is 0. The molecule has 4 rings (SSSR count). The molecule has 3 N–H and O–H groups in total. The number of aliphatic hydroxyl groups is 1. The van der Waals surface area contributed by atoms with E-state index in [1.165, 1.54) is 36.4 Å². The molecule has 0 heterocycles. The Morgan fingerprint density at radius 3 is 2.15 bits per heavy atom. The Kier molecular flexibility index (Phi) is 11.1. The van der Waals surface area contributed by atoms with Crippen LogP contribution >= 0.6 is 11.6 Å². The number of rotatable bonds is 11. The van der Waals surface area contributed by atoms with Gasteiger partial charge in [-0.2, -0.15) is 0 Å². The van der Waals surface area contributed by atoms with E-state index in [4.69, 9.17) is 21.4 Å². The van der Waals surface area contributed by atoms with Crippen molar-refractivity contribution >= 4 is 57.0 Å². The third kappa shape index (κ3) is 8.40. The Bertz CT molecular complexity index is 1510. The Labute approximate surface area is 254 Å². The Morgan fingerprint density at radius 1 is 0.872 bits per heavy atom. The summed E-state index contributed by atoms with van der Waals surface area (Å²) in [6, 6.07) is 25.8. The van der Waals surface area contributed by atoms with Gasteiger partial charge in [0.2, 0.25) is 9.84 Å². The van der Waals surface area contributed by atoms with Crippen LogP contribution in [0.4, 0.5) is 0 Å². The number of benzene rings is 4. The zero-order chi connectivity index (χ0) is 27.1. The molecular formula is C29H27ClNNaO6S. The maximum atomic E-state index is 13.1. The summed E-state index contributed by atoms with van der Waals surface area (Å²) in [5.41, 5.74) is 1.80. The molecule has 0 aliphatic rings. The Morgan fingerprint density at radius 2 is 1.51 bits per heavy atom. The number of hydrogen-bond donors (Lipinski definition) is 3. The molecule has 1 atom stereocenters. The van der Waals surface area contributed by atoms with Crippen molar-refractivity contribution in [1.29, 1.82) is 0 Å². The van der Waals surface area contributed by atoms with Crippen LogP contribution in [0.2, 0.25) is 5.02 Å². The first-order valence-electron chi connectivity index (χ1n) is 11.8. The van der Waals surface area contributed by atoms with Crippen molar-refractivity contribution in [2.24, 2.45) is 0 Å². The molecule has 0 radical (unpaired) electrons. The van der Waals surface area contributed by atoms with E-state index in [1.54, 1.807) is 54.6 Å². The van der Waals surface area contributed by atoms with Gasteiger partial charge in [0.15, 0.2) is 0 Å². The van der Waals surface area contributed by atoms with Crippen molar-refractivity contribution in [2.75, 3.05) is 13.1 Å². The van der Waals surface area contributed by atoms with Crippen LogP contribution in [-0.4, -0.2) is 67.2 Å². The molecule has 0 aliphatic carbocycles. The van der Waals surface area contributed by atoms with Crippen molar-refractivity contribution in [3.05, 3.63) is 119 Å². The first-order chi connectivity index (χ1) is 18.2. The number of carboxylic acids is 1. The molecule has 39 heavy (non-hydrogen) atoms. The van der Waals surface area contributed by atoms with Gasteiger partial charge in [0, 0.05) is 11.6 Å². The van der Waals surface area contributed by atoms with E-state index in [2.05, 4.69) is 5.32 Å². The molecule has 0 amide bonds. The molecule has 0 bridgehead atoms. The second-order valence-corrected chi connectivity index (χ2v) is 11.0. The van der Waals surface area contributed by atoms with E-state index in [9.17, 15) is 18.3 Å². The third-order valence-corrected chi connectivity index (χ3v) is 7.87. The summed E-state index contributed by atoms with van der Waals surface area (Å²) in [4.78, 5) is 11.4. The van der Waals surface area contributed by atoms with Crippen LogP contribution < -0.4 is 10.1 Å². The van der Waals surface area contributed by atoms with Gasteiger partial charge in [-0.1, -0.05) is 41.9 Å². The SMILES string of the molecule is O=C(O)c1cccc(Oc2ccc(S(=O)(=O)c3ccc(CCNC[C@@H](O)c4cccc(Cl)c4)cc3)cc2)c1.[NaH]. The Balaban J connectivity index is 0.00000420. The van der Waals surface area contributed by atoms with Crippen LogP contribution in [-0.2, 0) is 16.3 Å². The second kappa shape index (κ2) is 14.1. The fraction of sp³-hybridized carbons (Fsp3) is 0.138. The molecule has 7 nitrogen and oxygen atoms in total. The van der Waals surface area contributed by atoms with Crippen LogP contribution in [0.5, 0.6) is 11.5 Å². The quantitative estimate of drug-likeness (QED) is 0.173. The first-order valence-corrected chi connectivity index (χ1v) is 13.7. The molecule has 0 spiro atoms. The van der Waals surface area contributed by atoms with Gasteiger partial charge in [-0.25, -0.2) is 13.2 Å². The van der Waals surface area contributed by atoms with E-state index in [-0.39, 0.29) is 44.9 Å². The molecule has 198 valence electrons. The van der Waals surface area contributed by atoms with Crippen molar-refractivity contribution in [3.63, 3.8) is 0 Å². The van der Waals surface area contributed by atoms with Crippen LogP contribution in [0.3, 0.4) is 0 Å². The van der Waals surface area contributed by atoms with E-state index >= 15 is 0 Å². The van der Waals surface area contributed by atoms with Crippen LogP contribution in [0.25, 0.3) is 0 Å². The monoisotopic (exact) mass is 575 g/mol. The van der Waals surface area contributed by atoms with E-state index in [1.807, 2.05) is 6.07 Å². The van der Waals surface area contributed by atoms with Crippen molar-refractivity contribution < 1.29 is 28.2 Å². The molecule has 0 saturated heterocycles. The predicted molar refractivity (Wildman–Crippen MR) is 152 cm³/mol. The number of aromatic carboxylic acids is 1. The zero-order valence-electron chi connectivity index (χ0n) is 20.2. The second-order valence-electron chi connectivity index (χ2n) is 8.58. The molecule has 0 aromatic heterocycles. The number of ether oxygens (including phenoxy) is 1. The van der Waals surface area contributed by atoms with Crippen molar-refractivity contribution in [2.45, 2.75) is 22.3 Å². The molecule has 0 aliphatic heterocycles. The first kappa shape index (κ1) is 30.8. The van der Waals surface area contributed by atoms with E-state index in [0.717, 1.165) is 11.1 Å². The number of carboxylic acid groups (broad SMARTS) is 1. The van der Waals surface area contributed by atoms with Crippen molar-refractivity contribution in [3.8, 4) is 11.5 Å². The summed E-state index contributed by atoms with van der Waals surface area (Å²) < 4.78 is 31.8. The molecule has 0 unspecified atom stereocenters. The van der Waals surface area contributed by atoms with Gasteiger partial charge in [0.1, 0.15) is 11.5 Å². The van der Waals surface area contributed by atoms with Gasteiger partial charge in [0.05, 0.1) is 21.5 Å². The number of sulfone groups is 1. The van der Waals surface area contributed by atoms with Crippen LogP contribution in [0.15, 0.2) is 107 Å². The van der Waals surface area contributed by atoms with Gasteiger partial charge in [0.25, 0.3) is 0 Å². The molecule has 4 aromatic carbocycles. The molecule has 10 heteroatoms. The van der Waals surface area contributed by atoms with Gasteiger partial charge < -0.3 is 20.3 Å². The van der Waals surface area contributed by atoms with E-state index in [0.29, 0.717) is 36.0 Å². The number of carbonyl (C=O) groups is 1. The fourth-order valence-electron chi connectivity index (χ4n) is 3.79. The number of aliphatic hydroxyl groups excluding tert-OH is 1. The zero-order valence-corrected chi connectivity index (χ0v) is 21.8. The number of halogens is 1. The van der Waals surface area contributed by atoms with Gasteiger partial charge in [-0.3, -0.25) is 0 Å². The van der Waals surface area contributed by atoms with Crippen LogP contribution in [0, 0.1) is 0 Å². The number of nitrogens with one attached hydrogen (secondary N) is 1. The van der Waals surface area contributed by atoms with Gasteiger partial charge in [-0.15, -0.1) is 0 Å². The summed E-state index contributed by atoms with van der Waals surface area (Å²) in [5.74, 6) is -0.342. The number of hydrogen-bond acceptors (Lipinski definition) is 6. The summed E-state index contributed by atoms with van der Waals surface area (Å²) in [7, 11) is -3.73. The standard InChI is InChI=1S/C29H26ClNO6S.Na.H/c30-23-5-1-3-21(17-23)28(32)19-31-16-15-20-7-11-26(12-8-20)38(35,36)27-13-9-24(10-14-27)37-25-6-2-4-22(18-25)29(33)34;;/h1-14,17-18,28,31-32H,15-16,19H2,(H,33,34);;/t28-;;/m1../s1. The average molecular weight is 576 g/mol. The van der Waals surface area contributed by atoms with E-state index < -0.39 is 21.9 Å². The van der Waals surface area contributed by atoms with Crippen LogP contribution in [0.1, 0.15) is 27.6 Å². The molecule has 0 saturated carbocycles. The minimum atomic E-state index is -3.73. The summed E-state index contributed by atoms with van der Waals surface area (Å²) in [6.45, 7) is 0.984. The summed E-state index contributed by atoms with van der Waals surface area (Å²) >= 11 is 5.97. The molecule has 4 aromatic rings. The fourth-order valence-corrected chi connectivity index (χ4v) is 5.25. The Hall–Kier alpha value is -2.69. The normalized spacial score (nSPS) is 11.8. The van der Waals surface area contributed by atoms with Gasteiger partial charge in [-0.05, 0) is 90.8 Å². The average Bonchev–Trinajstić information content (AvgIpc) is 2.92. The van der Waals surface area contributed by atoms with Gasteiger partial charge >= 0.3 is 35.5 Å². The topological polar surface area (TPSA) is 113 Å². The predicted octanol–water partition coefficient (Wildman–Crippen LogP) is 4.88. The molecule has 0 fully saturated rings. The summed E-state index contributed by atoms with van der Waals surface area (Å²) in [5, 5.41) is 23.2. The van der Waals surface area contributed by atoms with Crippen molar-refractivity contribution in [1.82, 2.24) is 5.32 Å². The maximum absolute atomic E-state index is 13.1.